The van der Waals surface area contributed by atoms with Crippen molar-refractivity contribution in [2.24, 2.45) is 0 Å². The molecule has 0 bridgehead atoms. The molecule has 1 amide bonds. The number of carbonyl (C=O) groups is 1. The lowest BCUT2D eigenvalue weighted by atomic mass is 10.3. The summed E-state index contributed by atoms with van der Waals surface area (Å²) in [6, 6.07) is 1.69. The monoisotopic (exact) mass is 225 g/mol. The van der Waals surface area contributed by atoms with Gasteiger partial charge in [0.25, 0.3) is 5.91 Å². The van der Waals surface area contributed by atoms with Crippen molar-refractivity contribution < 1.29 is 9.53 Å². The van der Waals surface area contributed by atoms with Crippen LogP contribution in [0.2, 0.25) is 0 Å². The van der Waals surface area contributed by atoms with Gasteiger partial charge in [0, 0.05) is 33.0 Å². The Kier molecular flexibility index (Phi) is 4.85. The standard InChI is InChI=1S/C11H19N3O2/c1-3-14-8-9(12)7-10(14)11(15)13-5-4-6-16-2/h7-8H,3-6,12H2,1-2H3,(H,13,15). The summed E-state index contributed by atoms with van der Waals surface area (Å²) in [5, 5.41) is 2.83. The summed E-state index contributed by atoms with van der Waals surface area (Å²) in [5.74, 6) is -0.0883. The Morgan fingerprint density at radius 3 is 3.00 bits per heavy atom. The Morgan fingerprint density at radius 1 is 1.62 bits per heavy atom. The van der Waals surface area contributed by atoms with Crippen LogP contribution >= 0.6 is 0 Å². The molecule has 1 rings (SSSR count). The van der Waals surface area contributed by atoms with E-state index in [4.69, 9.17) is 10.5 Å². The minimum Gasteiger partial charge on any atom is -0.397 e. The molecule has 0 aliphatic heterocycles. The molecule has 0 radical (unpaired) electrons. The third-order valence-corrected chi connectivity index (χ3v) is 2.30. The van der Waals surface area contributed by atoms with Crippen LogP contribution in [0.25, 0.3) is 0 Å². The van der Waals surface area contributed by atoms with E-state index in [0.717, 1.165) is 13.0 Å². The summed E-state index contributed by atoms with van der Waals surface area (Å²) in [4.78, 5) is 11.8. The minimum atomic E-state index is -0.0883. The van der Waals surface area contributed by atoms with Crippen molar-refractivity contribution in [2.75, 3.05) is 26.0 Å². The Bertz CT molecular complexity index is 347. The molecule has 1 heterocycles. The molecule has 0 aliphatic carbocycles. The number of nitrogens with one attached hydrogen (secondary N) is 1. The highest BCUT2D eigenvalue weighted by Gasteiger charge is 2.10. The van der Waals surface area contributed by atoms with Crippen LogP contribution in [-0.4, -0.2) is 30.7 Å². The fourth-order valence-electron chi connectivity index (χ4n) is 1.49. The highest BCUT2D eigenvalue weighted by molar-refractivity contribution is 5.93. The average Bonchev–Trinajstić information content (AvgIpc) is 2.65. The molecule has 0 atom stereocenters. The van der Waals surface area contributed by atoms with Gasteiger partial charge in [0.1, 0.15) is 5.69 Å². The zero-order valence-corrected chi connectivity index (χ0v) is 9.82. The van der Waals surface area contributed by atoms with Crippen molar-refractivity contribution in [3.05, 3.63) is 18.0 Å². The topological polar surface area (TPSA) is 69.3 Å². The van der Waals surface area contributed by atoms with Crippen molar-refractivity contribution in [3.8, 4) is 0 Å². The number of aromatic nitrogens is 1. The predicted molar refractivity (Wildman–Crippen MR) is 63.3 cm³/mol. The van der Waals surface area contributed by atoms with E-state index in [1.54, 1.807) is 19.4 Å². The maximum absolute atomic E-state index is 11.8. The molecule has 90 valence electrons. The van der Waals surface area contributed by atoms with Gasteiger partial charge in [-0.1, -0.05) is 0 Å². The van der Waals surface area contributed by atoms with Gasteiger partial charge in [-0.3, -0.25) is 4.79 Å². The molecule has 0 fully saturated rings. The number of amides is 1. The molecule has 3 N–H and O–H groups in total. The normalized spacial score (nSPS) is 10.4. The molecule has 1 aromatic rings. The zero-order valence-electron chi connectivity index (χ0n) is 9.82. The van der Waals surface area contributed by atoms with Crippen molar-refractivity contribution in [1.82, 2.24) is 9.88 Å². The zero-order chi connectivity index (χ0) is 12.0. The molecular weight excluding hydrogens is 206 g/mol. The summed E-state index contributed by atoms with van der Waals surface area (Å²) in [6.07, 6.45) is 2.58. The molecule has 0 saturated heterocycles. The van der Waals surface area contributed by atoms with Gasteiger partial charge in [-0.05, 0) is 19.4 Å². The SMILES string of the molecule is CCn1cc(N)cc1C(=O)NCCCOC. The van der Waals surface area contributed by atoms with E-state index in [1.807, 2.05) is 11.5 Å². The van der Waals surface area contributed by atoms with Crippen LogP contribution in [0.3, 0.4) is 0 Å². The number of aryl methyl sites for hydroxylation is 1. The first-order valence-electron chi connectivity index (χ1n) is 5.41. The van der Waals surface area contributed by atoms with Crippen molar-refractivity contribution in [2.45, 2.75) is 19.9 Å². The van der Waals surface area contributed by atoms with E-state index < -0.39 is 0 Å². The van der Waals surface area contributed by atoms with E-state index in [2.05, 4.69) is 5.32 Å². The second-order valence-electron chi connectivity index (χ2n) is 3.55. The summed E-state index contributed by atoms with van der Waals surface area (Å²) in [6.45, 7) is 3.97. The number of anilines is 1. The highest BCUT2D eigenvalue weighted by atomic mass is 16.5. The number of nitrogen functional groups attached to an aromatic ring is 1. The molecule has 5 nitrogen and oxygen atoms in total. The molecular formula is C11H19N3O2. The van der Waals surface area contributed by atoms with Crippen LogP contribution in [0.4, 0.5) is 5.69 Å². The number of methoxy groups -OCH3 is 1. The predicted octanol–water partition coefficient (Wildman–Crippen LogP) is 0.856. The van der Waals surface area contributed by atoms with Gasteiger partial charge in [-0.15, -0.1) is 0 Å². The molecule has 16 heavy (non-hydrogen) atoms. The average molecular weight is 225 g/mol. The first-order valence-corrected chi connectivity index (χ1v) is 5.41. The quantitative estimate of drug-likeness (QED) is 0.705. The second kappa shape index (κ2) is 6.17. The van der Waals surface area contributed by atoms with Gasteiger partial charge in [-0.2, -0.15) is 0 Å². The minimum absolute atomic E-state index is 0.0883. The number of rotatable bonds is 6. The second-order valence-corrected chi connectivity index (χ2v) is 3.55. The van der Waals surface area contributed by atoms with Crippen molar-refractivity contribution >= 4 is 11.6 Å². The Balaban J connectivity index is 2.51. The van der Waals surface area contributed by atoms with Crippen LogP contribution in [0.5, 0.6) is 0 Å². The largest absolute Gasteiger partial charge is 0.397 e. The van der Waals surface area contributed by atoms with E-state index in [-0.39, 0.29) is 5.91 Å². The fraction of sp³-hybridized carbons (Fsp3) is 0.545. The van der Waals surface area contributed by atoms with Gasteiger partial charge in [-0.25, -0.2) is 0 Å². The maximum atomic E-state index is 11.8. The number of ether oxygens (including phenoxy) is 1. The van der Waals surface area contributed by atoms with Crippen LogP contribution < -0.4 is 11.1 Å². The summed E-state index contributed by atoms with van der Waals surface area (Å²) < 4.78 is 6.74. The summed E-state index contributed by atoms with van der Waals surface area (Å²) >= 11 is 0. The highest BCUT2D eigenvalue weighted by Crippen LogP contribution is 2.10. The van der Waals surface area contributed by atoms with Crippen LogP contribution in [0, 0.1) is 0 Å². The molecule has 0 spiro atoms. The van der Waals surface area contributed by atoms with Gasteiger partial charge in [0.2, 0.25) is 0 Å². The van der Waals surface area contributed by atoms with Crippen LogP contribution in [0.1, 0.15) is 23.8 Å². The van der Waals surface area contributed by atoms with Crippen molar-refractivity contribution in [3.63, 3.8) is 0 Å². The molecule has 1 aromatic heterocycles. The maximum Gasteiger partial charge on any atom is 0.267 e. The molecule has 5 heteroatoms. The van der Waals surface area contributed by atoms with E-state index in [9.17, 15) is 4.79 Å². The number of carbonyl (C=O) groups excluding carboxylic acids is 1. The van der Waals surface area contributed by atoms with Crippen LogP contribution in [0.15, 0.2) is 12.3 Å². The van der Waals surface area contributed by atoms with Gasteiger partial charge in [0.05, 0.1) is 5.69 Å². The molecule has 0 aliphatic rings. The molecule has 0 unspecified atom stereocenters. The summed E-state index contributed by atoms with van der Waals surface area (Å²) in [7, 11) is 1.64. The number of hydrogen-bond donors (Lipinski definition) is 2. The lowest BCUT2D eigenvalue weighted by molar-refractivity contribution is 0.0939. The smallest absolute Gasteiger partial charge is 0.267 e. The van der Waals surface area contributed by atoms with Gasteiger partial charge in [0.15, 0.2) is 0 Å². The van der Waals surface area contributed by atoms with E-state index in [0.29, 0.717) is 24.5 Å². The number of nitrogens with two attached hydrogens (primary N) is 1. The fourth-order valence-corrected chi connectivity index (χ4v) is 1.49. The van der Waals surface area contributed by atoms with Gasteiger partial charge < -0.3 is 20.4 Å². The molecule has 0 saturated carbocycles. The number of hydrogen-bond acceptors (Lipinski definition) is 3. The lowest BCUT2D eigenvalue weighted by Gasteiger charge is -2.07. The lowest BCUT2D eigenvalue weighted by Crippen LogP contribution is -2.27. The summed E-state index contributed by atoms with van der Waals surface area (Å²) in [5.41, 5.74) is 6.87. The first-order chi connectivity index (χ1) is 7.69. The Morgan fingerprint density at radius 2 is 2.38 bits per heavy atom. The number of nitrogens with zero attached hydrogens (tertiary/aromatic N) is 1. The van der Waals surface area contributed by atoms with Crippen molar-refractivity contribution in [1.29, 1.82) is 0 Å². The van der Waals surface area contributed by atoms with Gasteiger partial charge >= 0.3 is 0 Å². The molecule has 0 aromatic carbocycles. The van der Waals surface area contributed by atoms with E-state index >= 15 is 0 Å². The Hall–Kier alpha value is -1.49. The van der Waals surface area contributed by atoms with Crippen LogP contribution in [-0.2, 0) is 11.3 Å². The van der Waals surface area contributed by atoms with E-state index in [1.165, 1.54) is 0 Å². The third-order valence-electron chi connectivity index (χ3n) is 2.30. The first kappa shape index (κ1) is 12.6. The Labute approximate surface area is 95.6 Å². The third kappa shape index (κ3) is 3.27.